The molecule has 20 heavy (non-hydrogen) atoms. The van der Waals surface area contributed by atoms with Crippen LogP contribution in [0.15, 0.2) is 5.38 Å². The largest absolute Gasteiger partial charge is 0.383 e. The van der Waals surface area contributed by atoms with E-state index in [-0.39, 0.29) is 0 Å². The van der Waals surface area contributed by atoms with Crippen molar-refractivity contribution in [1.82, 2.24) is 10.3 Å². The van der Waals surface area contributed by atoms with Gasteiger partial charge >= 0.3 is 0 Å². The number of nitrogens with one attached hydrogen (secondary N) is 1. The van der Waals surface area contributed by atoms with E-state index < -0.39 is 0 Å². The van der Waals surface area contributed by atoms with Crippen LogP contribution >= 0.6 is 11.3 Å². The normalized spacial score (nSPS) is 22.9. The van der Waals surface area contributed by atoms with Gasteiger partial charge in [-0.25, -0.2) is 4.98 Å². The number of hydrogen-bond acceptors (Lipinski definition) is 5. The lowest BCUT2D eigenvalue weighted by Crippen LogP contribution is -2.35. The van der Waals surface area contributed by atoms with Crippen molar-refractivity contribution >= 4 is 16.5 Å². The second-order valence-corrected chi connectivity index (χ2v) is 6.66. The van der Waals surface area contributed by atoms with Gasteiger partial charge in [-0.3, -0.25) is 0 Å². The predicted octanol–water partition coefficient (Wildman–Crippen LogP) is 2.89. The molecule has 0 aliphatic heterocycles. The first kappa shape index (κ1) is 15.7. The maximum atomic E-state index is 5.02. The summed E-state index contributed by atoms with van der Waals surface area (Å²) in [6.45, 7) is 4.82. The molecule has 1 aromatic heterocycles. The van der Waals surface area contributed by atoms with Crippen LogP contribution in [0.4, 0.5) is 5.13 Å². The van der Waals surface area contributed by atoms with Gasteiger partial charge in [-0.05, 0) is 18.8 Å². The highest BCUT2D eigenvalue weighted by atomic mass is 32.1. The third-order valence-electron chi connectivity index (χ3n) is 4.09. The molecule has 0 bridgehead atoms. The SMILES string of the molecule is COCCNCc1csc(N(C)C2CCCC(C)C2)n1. The molecular formula is C15H27N3OS. The molecule has 2 atom stereocenters. The summed E-state index contributed by atoms with van der Waals surface area (Å²) in [6.07, 6.45) is 5.35. The van der Waals surface area contributed by atoms with Gasteiger partial charge < -0.3 is 15.0 Å². The molecule has 2 unspecified atom stereocenters. The van der Waals surface area contributed by atoms with E-state index in [1.807, 2.05) is 0 Å². The number of methoxy groups -OCH3 is 1. The molecule has 1 fully saturated rings. The Labute approximate surface area is 126 Å². The molecule has 1 aliphatic rings. The Morgan fingerprint density at radius 1 is 1.50 bits per heavy atom. The molecule has 1 aromatic rings. The average Bonchev–Trinajstić information content (AvgIpc) is 2.91. The van der Waals surface area contributed by atoms with Gasteiger partial charge in [0.1, 0.15) is 0 Å². The van der Waals surface area contributed by atoms with Gasteiger partial charge in [-0.1, -0.05) is 19.8 Å². The molecule has 0 aromatic carbocycles. The number of nitrogens with zero attached hydrogens (tertiary/aromatic N) is 2. The van der Waals surface area contributed by atoms with E-state index in [2.05, 4.69) is 29.6 Å². The monoisotopic (exact) mass is 297 g/mol. The van der Waals surface area contributed by atoms with Crippen LogP contribution in [0.3, 0.4) is 0 Å². The molecule has 0 amide bonds. The summed E-state index contributed by atoms with van der Waals surface area (Å²) < 4.78 is 5.02. The molecule has 114 valence electrons. The number of anilines is 1. The van der Waals surface area contributed by atoms with Gasteiger partial charge in [-0.15, -0.1) is 11.3 Å². The number of rotatable bonds is 7. The molecule has 0 radical (unpaired) electrons. The smallest absolute Gasteiger partial charge is 0.185 e. The fourth-order valence-corrected chi connectivity index (χ4v) is 3.70. The fourth-order valence-electron chi connectivity index (χ4n) is 2.84. The second-order valence-electron chi connectivity index (χ2n) is 5.83. The highest BCUT2D eigenvalue weighted by molar-refractivity contribution is 7.13. The third kappa shape index (κ3) is 4.43. The minimum Gasteiger partial charge on any atom is -0.383 e. The molecular weight excluding hydrogens is 270 g/mol. The molecule has 1 heterocycles. The van der Waals surface area contributed by atoms with E-state index in [0.29, 0.717) is 6.04 Å². The second kappa shape index (κ2) is 7.96. The lowest BCUT2D eigenvalue weighted by molar-refractivity contribution is 0.199. The summed E-state index contributed by atoms with van der Waals surface area (Å²) in [5, 5.41) is 6.67. The number of ether oxygens (including phenoxy) is 1. The van der Waals surface area contributed by atoms with Crippen molar-refractivity contribution in [2.75, 3.05) is 32.2 Å². The third-order valence-corrected chi connectivity index (χ3v) is 5.07. The van der Waals surface area contributed by atoms with Crippen LogP contribution < -0.4 is 10.2 Å². The van der Waals surface area contributed by atoms with Crippen molar-refractivity contribution in [3.63, 3.8) is 0 Å². The van der Waals surface area contributed by atoms with Crippen molar-refractivity contribution in [2.24, 2.45) is 5.92 Å². The number of hydrogen-bond donors (Lipinski definition) is 1. The predicted molar refractivity (Wildman–Crippen MR) is 85.5 cm³/mol. The summed E-state index contributed by atoms with van der Waals surface area (Å²) >= 11 is 1.76. The van der Waals surface area contributed by atoms with Crippen LogP contribution in [0.25, 0.3) is 0 Å². The van der Waals surface area contributed by atoms with Crippen molar-refractivity contribution in [2.45, 2.75) is 45.2 Å². The van der Waals surface area contributed by atoms with E-state index in [1.165, 1.54) is 25.7 Å². The van der Waals surface area contributed by atoms with E-state index in [0.717, 1.165) is 36.4 Å². The first-order valence-electron chi connectivity index (χ1n) is 7.57. The Balaban J connectivity index is 1.84. The van der Waals surface area contributed by atoms with Crippen LogP contribution in [-0.2, 0) is 11.3 Å². The molecule has 1 aliphatic carbocycles. The summed E-state index contributed by atoms with van der Waals surface area (Å²) in [6, 6.07) is 0.666. The van der Waals surface area contributed by atoms with Gasteiger partial charge in [0.2, 0.25) is 0 Å². The first-order chi connectivity index (χ1) is 9.70. The number of aromatic nitrogens is 1. The van der Waals surface area contributed by atoms with Crippen molar-refractivity contribution in [3.8, 4) is 0 Å². The lowest BCUT2D eigenvalue weighted by atomic mass is 9.86. The Morgan fingerprint density at radius 2 is 2.35 bits per heavy atom. The zero-order valence-electron chi connectivity index (χ0n) is 12.9. The van der Waals surface area contributed by atoms with Gasteiger partial charge in [0.05, 0.1) is 12.3 Å². The van der Waals surface area contributed by atoms with Gasteiger partial charge in [0, 0.05) is 38.7 Å². The minimum absolute atomic E-state index is 0.666. The Morgan fingerprint density at radius 3 is 3.10 bits per heavy atom. The van der Waals surface area contributed by atoms with Crippen LogP contribution in [0, 0.1) is 5.92 Å². The maximum absolute atomic E-state index is 5.02. The van der Waals surface area contributed by atoms with E-state index in [4.69, 9.17) is 9.72 Å². The molecule has 1 saturated carbocycles. The first-order valence-corrected chi connectivity index (χ1v) is 8.45. The zero-order valence-corrected chi connectivity index (χ0v) is 13.7. The van der Waals surface area contributed by atoms with Crippen molar-refractivity contribution < 1.29 is 4.74 Å². The van der Waals surface area contributed by atoms with Gasteiger partial charge in [-0.2, -0.15) is 0 Å². The molecule has 4 nitrogen and oxygen atoms in total. The van der Waals surface area contributed by atoms with Crippen molar-refractivity contribution in [3.05, 3.63) is 11.1 Å². The van der Waals surface area contributed by atoms with E-state index in [9.17, 15) is 0 Å². The van der Waals surface area contributed by atoms with Crippen LogP contribution in [-0.4, -0.2) is 38.3 Å². The highest BCUT2D eigenvalue weighted by Crippen LogP contribution is 2.30. The maximum Gasteiger partial charge on any atom is 0.185 e. The summed E-state index contributed by atoms with van der Waals surface area (Å²) in [5.74, 6) is 0.853. The quantitative estimate of drug-likeness (QED) is 0.785. The Hall–Kier alpha value is -0.650. The fraction of sp³-hybridized carbons (Fsp3) is 0.800. The Kier molecular flexibility index (Phi) is 6.26. The van der Waals surface area contributed by atoms with Crippen molar-refractivity contribution in [1.29, 1.82) is 0 Å². The summed E-state index contributed by atoms with van der Waals surface area (Å²) in [5.41, 5.74) is 1.14. The van der Waals surface area contributed by atoms with Crippen LogP contribution in [0.5, 0.6) is 0 Å². The van der Waals surface area contributed by atoms with E-state index in [1.54, 1.807) is 18.4 Å². The standard InChI is InChI=1S/C15H27N3OS/c1-12-5-4-6-14(9-12)18(2)15-17-13(11-20-15)10-16-7-8-19-3/h11-12,14,16H,4-10H2,1-3H3. The van der Waals surface area contributed by atoms with Gasteiger partial charge in [0.15, 0.2) is 5.13 Å². The highest BCUT2D eigenvalue weighted by Gasteiger charge is 2.23. The topological polar surface area (TPSA) is 37.4 Å². The van der Waals surface area contributed by atoms with Crippen LogP contribution in [0.1, 0.15) is 38.3 Å². The van der Waals surface area contributed by atoms with Crippen LogP contribution in [0.2, 0.25) is 0 Å². The molecule has 1 N–H and O–H groups in total. The number of thiazole rings is 1. The van der Waals surface area contributed by atoms with E-state index >= 15 is 0 Å². The van der Waals surface area contributed by atoms with Gasteiger partial charge in [0.25, 0.3) is 0 Å². The molecule has 0 saturated heterocycles. The average molecular weight is 297 g/mol. The molecule has 2 rings (SSSR count). The lowest BCUT2D eigenvalue weighted by Gasteiger charge is -2.33. The summed E-state index contributed by atoms with van der Waals surface area (Å²) in [4.78, 5) is 7.14. The minimum atomic E-state index is 0.666. The molecule has 0 spiro atoms. The Bertz CT molecular complexity index is 396. The summed E-state index contributed by atoms with van der Waals surface area (Å²) in [7, 11) is 3.92. The zero-order chi connectivity index (χ0) is 14.4. The molecule has 5 heteroatoms.